The van der Waals surface area contributed by atoms with E-state index in [1.807, 2.05) is 62.4 Å². The van der Waals surface area contributed by atoms with Gasteiger partial charge in [0.25, 0.3) is 0 Å². The van der Waals surface area contributed by atoms with Crippen LogP contribution in [0.15, 0.2) is 72.8 Å². The molecular weight excluding hydrogens is 657 g/mol. The van der Waals surface area contributed by atoms with Gasteiger partial charge in [0.05, 0.1) is 42.7 Å². The third kappa shape index (κ3) is 6.04. The number of rotatable bonds is 8. The van der Waals surface area contributed by atoms with E-state index < -0.39 is 60.0 Å². The molecule has 0 radical (unpaired) electrons. The van der Waals surface area contributed by atoms with Gasteiger partial charge in [-0.25, -0.2) is 0 Å². The summed E-state index contributed by atoms with van der Waals surface area (Å²) in [6, 6.07) is 20.3. The molecule has 3 aliphatic carbocycles. The minimum atomic E-state index is -2.59. The molecule has 51 heavy (non-hydrogen) atoms. The van der Waals surface area contributed by atoms with Crippen LogP contribution in [-0.2, 0) is 36.6 Å². The van der Waals surface area contributed by atoms with Gasteiger partial charge in [-0.1, -0.05) is 114 Å². The maximum atomic E-state index is 14.0. The van der Waals surface area contributed by atoms with Crippen molar-refractivity contribution in [2.45, 2.75) is 166 Å². The molecule has 0 aromatic heterocycles. The van der Waals surface area contributed by atoms with E-state index in [4.69, 9.17) is 30.0 Å². The minimum absolute atomic E-state index is 0.148. The maximum absolute atomic E-state index is 14.0. The molecule has 7 nitrogen and oxygen atoms in total. The SMILES string of the molecule is C=C1CC[C@@H]2OC(C)(C)O[C@@H]3[C@H](OCc4ccccc4)[C@]4(O)C(C)(C)[C@@](O[Si](C)(C)C(C)(C)C)(CC[C@@]4(C)O)[C@@H](OCc4ccccc4)[C@H]1[C@@]23C. The molecule has 1 heterocycles. The molecule has 2 bridgehead atoms. The zero-order chi connectivity index (χ0) is 37.5. The van der Waals surface area contributed by atoms with Crippen LogP contribution in [0.4, 0.5) is 0 Å². The summed E-state index contributed by atoms with van der Waals surface area (Å²) in [5.41, 5.74) is -3.29. The molecule has 1 saturated heterocycles. The van der Waals surface area contributed by atoms with Crippen molar-refractivity contribution in [2.75, 3.05) is 0 Å². The highest BCUT2D eigenvalue weighted by Gasteiger charge is 2.80. The van der Waals surface area contributed by atoms with Crippen molar-refractivity contribution in [1.82, 2.24) is 0 Å². The van der Waals surface area contributed by atoms with Gasteiger partial charge in [0, 0.05) is 16.7 Å². The molecule has 2 aromatic rings. The Bertz CT molecular complexity index is 1570. The van der Waals surface area contributed by atoms with Crippen molar-refractivity contribution in [3.05, 3.63) is 83.9 Å². The molecule has 9 atom stereocenters. The highest BCUT2D eigenvalue weighted by atomic mass is 28.4. The molecule has 0 amide bonds. The van der Waals surface area contributed by atoms with Gasteiger partial charge in [0.2, 0.25) is 0 Å². The largest absolute Gasteiger partial charge is 0.408 e. The van der Waals surface area contributed by atoms with Gasteiger partial charge in [-0.05, 0) is 75.7 Å². The van der Waals surface area contributed by atoms with Gasteiger partial charge < -0.3 is 33.6 Å². The Morgan fingerprint density at radius 1 is 0.804 bits per heavy atom. The first-order valence-corrected chi connectivity index (χ1v) is 21.9. The number of hydrogen-bond acceptors (Lipinski definition) is 7. The van der Waals surface area contributed by atoms with Crippen LogP contribution in [0.5, 0.6) is 0 Å². The van der Waals surface area contributed by atoms with E-state index in [-0.39, 0.29) is 30.1 Å². The van der Waals surface area contributed by atoms with E-state index in [0.717, 1.165) is 29.5 Å². The fraction of sp³-hybridized carbons (Fsp3) is 0.674. The van der Waals surface area contributed by atoms with E-state index in [0.29, 0.717) is 13.0 Å². The molecule has 0 unspecified atom stereocenters. The molecule has 282 valence electrons. The van der Waals surface area contributed by atoms with E-state index >= 15 is 0 Å². The number of hydrogen-bond donors (Lipinski definition) is 2. The van der Waals surface area contributed by atoms with Gasteiger partial charge in [-0.2, -0.15) is 0 Å². The summed E-state index contributed by atoms with van der Waals surface area (Å²) in [5, 5.41) is 26.6. The Labute approximate surface area is 308 Å². The first kappa shape index (κ1) is 38.8. The zero-order valence-corrected chi connectivity index (χ0v) is 34.0. The van der Waals surface area contributed by atoms with Crippen molar-refractivity contribution in [1.29, 1.82) is 0 Å². The molecule has 8 heteroatoms. The first-order valence-electron chi connectivity index (χ1n) is 19.0. The van der Waals surface area contributed by atoms with Crippen molar-refractivity contribution in [2.24, 2.45) is 16.7 Å². The zero-order valence-electron chi connectivity index (χ0n) is 33.0. The average Bonchev–Trinajstić information content (AvgIpc) is 3.04. The van der Waals surface area contributed by atoms with E-state index in [1.54, 1.807) is 6.92 Å². The number of aliphatic hydroxyl groups is 2. The Kier molecular flexibility index (Phi) is 9.80. The third-order valence-electron chi connectivity index (χ3n) is 14.0. The van der Waals surface area contributed by atoms with Gasteiger partial charge in [0.1, 0.15) is 11.7 Å². The maximum Gasteiger partial charge on any atom is 0.192 e. The summed E-state index contributed by atoms with van der Waals surface area (Å²) >= 11 is 0. The van der Waals surface area contributed by atoms with Crippen LogP contribution in [0.25, 0.3) is 0 Å². The lowest BCUT2D eigenvalue weighted by atomic mass is 9.41. The fourth-order valence-corrected chi connectivity index (χ4v) is 11.8. The smallest absolute Gasteiger partial charge is 0.192 e. The molecule has 2 N–H and O–H groups in total. The Morgan fingerprint density at radius 3 is 1.86 bits per heavy atom. The molecule has 4 fully saturated rings. The normalized spacial score (nSPS) is 39.1. The quantitative estimate of drug-likeness (QED) is 0.208. The molecule has 4 aliphatic rings. The number of ether oxygens (including phenoxy) is 4. The van der Waals surface area contributed by atoms with Gasteiger partial charge in [-0.15, -0.1) is 0 Å². The summed E-state index contributed by atoms with van der Waals surface area (Å²) in [6.07, 6.45) is -0.195. The summed E-state index contributed by atoms with van der Waals surface area (Å²) in [4.78, 5) is 0. The van der Waals surface area contributed by atoms with Crippen LogP contribution in [0.3, 0.4) is 0 Å². The van der Waals surface area contributed by atoms with E-state index in [9.17, 15) is 10.2 Å². The molecule has 3 saturated carbocycles. The second-order valence-electron chi connectivity index (χ2n) is 18.9. The van der Waals surface area contributed by atoms with Crippen molar-refractivity contribution >= 4 is 8.32 Å². The summed E-state index contributed by atoms with van der Waals surface area (Å²) in [7, 11) is -2.59. The van der Waals surface area contributed by atoms with Gasteiger partial charge in [0.15, 0.2) is 14.1 Å². The summed E-state index contributed by atoms with van der Waals surface area (Å²) in [5.74, 6) is -1.25. The standard InChI is InChI=1S/C43H64O7Si/c1-29-23-24-32-41(10)33(29)34(46-27-30-19-15-13-16-20-30)42(50-51(11,12)37(2,3)4)26-25-40(9,44)43(45,38(42,5)6)36(35(41)49-39(7,8)48-32)47-28-31-21-17-14-18-22-31/h13-22,32-36,44-45H,1,23-28H2,2-12H3/t32-,33-,34-,35+,36-,40+,41+,42+,43-/m0/s1. The Hall–Kier alpha value is -1.88. The highest BCUT2D eigenvalue weighted by Crippen LogP contribution is 2.69. The predicted octanol–water partition coefficient (Wildman–Crippen LogP) is 8.73. The summed E-state index contributed by atoms with van der Waals surface area (Å²) in [6.45, 7) is 28.7. The Morgan fingerprint density at radius 2 is 1.33 bits per heavy atom. The molecule has 1 aliphatic heterocycles. The second-order valence-corrected chi connectivity index (χ2v) is 23.7. The van der Waals surface area contributed by atoms with Crippen molar-refractivity contribution in [3.8, 4) is 0 Å². The molecule has 0 spiro atoms. The van der Waals surface area contributed by atoms with E-state index in [1.165, 1.54) is 0 Å². The summed E-state index contributed by atoms with van der Waals surface area (Å²) < 4.78 is 36.3. The number of fused-ring (bicyclic) bond motifs is 2. The van der Waals surface area contributed by atoms with Crippen LogP contribution in [0.2, 0.25) is 18.1 Å². The Balaban J connectivity index is 1.66. The fourth-order valence-electron chi connectivity index (χ4n) is 10.1. The van der Waals surface area contributed by atoms with Crippen molar-refractivity contribution < 1.29 is 33.6 Å². The lowest BCUT2D eigenvalue weighted by Crippen LogP contribution is -2.86. The molecular formula is C43H64O7Si. The molecule has 2 aromatic carbocycles. The van der Waals surface area contributed by atoms with Gasteiger partial charge in [-0.3, -0.25) is 0 Å². The second kappa shape index (κ2) is 12.9. The highest BCUT2D eigenvalue weighted by molar-refractivity contribution is 6.74. The van der Waals surface area contributed by atoms with Crippen LogP contribution in [-0.4, -0.2) is 65.5 Å². The first-order chi connectivity index (χ1) is 23.5. The van der Waals surface area contributed by atoms with Crippen LogP contribution in [0.1, 0.15) is 99.1 Å². The average molecular weight is 721 g/mol. The van der Waals surface area contributed by atoms with Crippen molar-refractivity contribution in [3.63, 3.8) is 0 Å². The minimum Gasteiger partial charge on any atom is -0.408 e. The molecule has 6 rings (SSSR count). The lowest BCUT2D eigenvalue weighted by Gasteiger charge is -2.74. The predicted molar refractivity (Wildman–Crippen MR) is 203 cm³/mol. The monoisotopic (exact) mass is 720 g/mol. The van der Waals surface area contributed by atoms with E-state index in [2.05, 4.69) is 66.8 Å². The van der Waals surface area contributed by atoms with Gasteiger partial charge >= 0.3 is 0 Å². The van der Waals surface area contributed by atoms with Crippen LogP contribution < -0.4 is 0 Å². The topological polar surface area (TPSA) is 86.6 Å². The van der Waals surface area contributed by atoms with Crippen LogP contribution in [0, 0.1) is 16.7 Å². The lowest BCUT2D eigenvalue weighted by molar-refractivity contribution is -0.426. The van der Waals surface area contributed by atoms with Crippen LogP contribution >= 0.6 is 0 Å². The third-order valence-corrected chi connectivity index (χ3v) is 18.5. The number of benzene rings is 2.